The Balaban J connectivity index is 1.52. The van der Waals surface area contributed by atoms with Gasteiger partial charge in [-0.25, -0.2) is 0 Å². The largest absolute Gasteiger partial charge is 0.364 e. The first-order valence-electron chi connectivity index (χ1n) is 10.4. The van der Waals surface area contributed by atoms with Gasteiger partial charge >= 0.3 is 0 Å². The molecule has 160 valence electrons. The van der Waals surface area contributed by atoms with Crippen LogP contribution in [-0.4, -0.2) is 31.8 Å². The summed E-state index contributed by atoms with van der Waals surface area (Å²) in [4.78, 5) is 24.8. The fraction of sp³-hybridized carbons (Fsp3) is 0.304. The minimum atomic E-state index is -0.669. The van der Waals surface area contributed by atoms with Crippen molar-refractivity contribution in [2.24, 2.45) is 24.6 Å². The van der Waals surface area contributed by atoms with Gasteiger partial charge in [0.1, 0.15) is 0 Å². The molecule has 0 aliphatic heterocycles. The minimum Gasteiger partial charge on any atom is -0.364 e. The van der Waals surface area contributed by atoms with Crippen molar-refractivity contribution in [2.45, 2.75) is 25.7 Å². The van der Waals surface area contributed by atoms with Gasteiger partial charge < -0.3 is 11.1 Å². The van der Waals surface area contributed by atoms with Gasteiger partial charge in [0.25, 0.3) is 5.91 Å². The first-order chi connectivity index (χ1) is 14.9. The van der Waals surface area contributed by atoms with E-state index in [1.54, 1.807) is 19.4 Å². The molecule has 2 unspecified atom stereocenters. The zero-order chi connectivity index (χ0) is 22.0. The Hall–Kier alpha value is -3.68. The van der Waals surface area contributed by atoms with E-state index in [0.29, 0.717) is 5.69 Å². The number of aromatic nitrogens is 4. The topological polar surface area (TPSA) is 119 Å². The van der Waals surface area contributed by atoms with Crippen LogP contribution in [0.5, 0.6) is 0 Å². The molecule has 0 saturated heterocycles. The highest BCUT2D eigenvalue weighted by Gasteiger charge is 2.33. The van der Waals surface area contributed by atoms with Crippen LogP contribution in [0.15, 0.2) is 49.3 Å². The van der Waals surface area contributed by atoms with Crippen molar-refractivity contribution in [1.82, 2.24) is 20.0 Å². The lowest BCUT2D eigenvalue weighted by Crippen LogP contribution is -2.33. The molecule has 1 aromatic carbocycles. The Labute approximate surface area is 180 Å². The third-order valence-electron chi connectivity index (χ3n) is 5.94. The van der Waals surface area contributed by atoms with Crippen molar-refractivity contribution in [1.29, 1.82) is 0 Å². The van der Waals surface area contributed by atoms with Crippen molar-refractivity contribution in [3.05, 3.63) is 60.6 Å². The Kier molecular flexibility index (Phi) is 5.70. The smallest absolute Gasteiger partial charge is 0.271 e. The number of aryl methyl sites for hydroxylation is 1. The zero-order valence-corrected chi connectivity index (χ0v) is 17.5. The number of carbonyl (C=O) groups is 2. The molecule has 2 atom stereocenters. The van der Waals surface area contributed by atoms with E-state index in [9.17, 15) is 9.59 Å². The molecule has 8 heteroatoms. The van der Waals surface area contributed by atoms with Crippen LogP contribution in [0.1, 0.15) is 41.7 Å². The Morgan fingerprint density at radius 3 is 2.52 bits per heavy atom. The molecule has 2 aromatic heterocycles. The second-order valence-electron chi connectivity index (χ2n) is 7.99. The van der Waals surface area contributed by atoms with Crippen LogP contribution in [0, 0.1) is 11.8 Å². The molecule has 1 fully saturated rings. The molecule has 3 aromatic rings. The molecule has 1 saturated carbocycles. The molecule has 1 aliphatic carbocycles. The van der Waals surface area contributed by atoms with Crippen LogP contribution in [0.2, 0.25) is 0 Å². The zero-order valence-electron chi connectivity index (χ0n) is 17.5. The molecule has 4 rings (SSSR count). The molecule has 2 heterocycles. The number of allylic oxidation sites excluding steroid dienone is 1. The summed E-state index contributed by atoms with van der Waals surface area (Å²) in [6.07, 6.45) is 7.02. The van der Waals surface area contributed by atoms with Gasteiger partial charge in [-0.1, -0.05) is 43.7 Å². The molecule has 4 N–H and O–H groups in total. The van der Waals surface area contributed by atoms with Crippen LogP contribution in [0.3, 0.4) is 0 Å². The van der Waals surface area contributed by atoms with E-state index in [0.717, 1.165) is 48.1 Å². The van der Waals surface area contributed by atoms with E-state index in [4.69, 9.17) is 5.73 Å². The highest BCUT2D eigenvalue weighted by Crippen LogP contribution is 2.39. The van der Waals surface area contributed by atoms with Crippen LogP contribution < -0.4 is 11.1 Å². The van der Waals surface area contributed by atoms with Gasteiger partial charge in [-0.2, -0.15) is 10.2 Å². The number of primary amides is 1. The van der Waals surface area contributed by atoms with Crippen LogP contribution in [-0.2, 0) is 11.8 Å². The molecule has 0 radical (unpaired) electrons. The van der Waals surface area contributed by atoms with E-state index in [1.165, 1.54) is 4.68 Å². The fourth-order valence-electron chi connectivity index (χ4n) is 4.34. The molecular weight excluding hydrogens is 392 g/mol. The van der Waals surface area contributed by atoms with Gasteiger partial charge in [0.05, 0.1) is 11.4 Å². The molecule has 2 amide bonds. The highest BCUT2D eigenvalue weighted by atomic mass is 16.2. The average Bonchev–Trinajstić information content (AvgIpc) is 3.43. The quantitative estimate of drug-likeness (QED) is 0.569. The lowest BCUT2D eigenvalue weighted by molar-refractivity contribution is -0.121. The maximum atomic E-state index is 13.2. The first kappa shape index (κ1) is 20.6. The summed E-state index contributed by atoms with van der Waals surface area (Å²) in [5.41, 5.74) is 9.78. The lowest BCUT2D eigenvalue weighted by Gasteiger charge is -2.32. The summed E-state index contributed by atoms with van der Waals surface area (Å²) < 4.78 is 1.47. The standard InChI is InChI=1S/C23H26N6O2/c1-14(15-7-9-16(10-8-15)19-11-12-25-27-19)17-5-3-4-6-18(17)23(31)26-20-13-29(2)28-21(20)22(24)30/h7-13,17-18H,1,3-6H2,2H3,(H2,24,30)(H,25,27)(H,26,31). The number of carbonyl (C=O) groups excluding carboxylic acids is 2. The number of amides is 2. The number of aromatic amines is 1. The van der Waals surface area contributed by atoms with Crippen molar-refractivity contribution in [3.63, 3.8) is 0 Å². The maximum Gasteiger partial charge on any atom is 0.271 e. The molecule has 31 heavy (non-hydrogen) atoms. The summed E-state index contributed by atoms with van der Waals surface area (Å²) >= 11 is 0. The summed E-state index contributed by atoms with van der Waals surface area (Å²) in [7, 11) is 1.68. The summed E-state index contributed by atoms with van der Waals surface area (Å²) in [6.45, 7) is 4.34. The summed E-state index contributed by atoms with van der Waals surface area (Å²) in [6, 6.07) is 10.0. The predicted molar refractivity (Wildman–Crippen MR) is 119 cm³/mol. The Morgan fingerprint density at radius 2 is 1.87 bits per heavy atom. The Bertz CT molecular complexity index is 1100. The average molecular weight is 419 g/mol. The number of benzene rings is 1. The molecule has 0 spiro atoms. The summed E-state index contributed by atoms with van der Waals surface area (Å²) in [5, 5.41) is 13.9. The van der Waals surface area contributed by atoms with E-state index < -0.39 is 5.91 Å². The third-order valence-corrected chi connectivity index (χ3v) is 5.94. The van der Waals surface area contributed by atoms with E-state index >= 15 is 0 Å². The van der Waals surface area contributed by atoms with Crippen LogP contribution >= 0.6 is 0 Å². The molecule has 8 nitrogen and oxygen atoms in total. The number of H-pyrrole nitrogens is 1. The van der Waals surface area contributed by atoms with Gasteiger partial charge in [-0.3, -0.25) is 19.4 Å². The van der Waals surface area contributed by atoms with Gasteiger partial charge in [0.2, 0.25) is 5.91 Å². The number of nitrogens with two attached hydrogens (primary N) is 1. The van der Waals surface area contributed by atoms with E-state index in [-0.39, 0.29) is 23.4 Å². The van der Waals surface area contributed by atoms with Crippen LogP contribution in [0.4, 0.5) is 5.69 Å². The molecule has 1 aliphatic rings. The number of rotatable bonds is 6. The second-order valence-corrected chi connectivity index (χ2v) is 7.99. The normalized spacial score (nSPS) is 18.5. The molecule has 0 bridgehead atoms. The fourth-order valence-corrected chi connectivity index (χ4v) is 4.34. The third kappa shape index (κ3) is 4.28. The lowest BCUT2D eigenvalue weighted by atomic mass is 9.73. The van der Waals surface area contributed by atoms with Gasteiger partial charge in [-0.15, -0.1) is 0 Å². The van der Waals surface area contributed by atoms with Gasteiger partial charge in [0, 0.05) is 25.4 Å². The van der Waals surface area contributed by atoms with Crippen LogP contribution in [0.25, 0.3) is 16.8 Å². The maximum absolute atomic E-state index is 13.2. The van der Waals surface area contributed by atoms with Crippen molar-refractivity contribution in [2.75, 3.05) is 5.32 Å². The predicted octanol–water partition coefficient (Wildman–Crippen LogP) is 3.37. The van der Waals surface area contributed by atoms with Gasteiger partial charge in [0.15, 0.2) is 5.69 Å². The number of nitrogens with zero attached hydrogens (tertiary/aromatic N) is 3. The minimum absolute atomic E-state index is 0.0282. The monoisotopic (exact) mass is 418 g/mol. The van der Waals surface area contributed by atoms with Gasteiger partial charge in [-0.05, 0) is 41.5 Å². The number of anilines is 1. The first-order valence-corrected chi connectivity index (χ1v) is 10.4. The highest BCUT2D eigenvalue weighted by molar-refractivity contribution is 6.02. The van der Waals surface area contributed by atoms with E-state index in [1.807, 2.05) is 30.3 Å². The SMILES string of the molecule is C=C(c1ccc(-c2ccn[nH]2)cc1)C1CCCCC1C(=O)Nc1cn(C)nc1C(N)=O. The Morgan fingerprint density at radius 1 is 1.16 bits per heavy atom. The number of hydrogen-bond donors (Lipinski definition) is 3. The van der Waals surface area contributed by atoms with Crippen molar-refractivity contribution < 1.29 is 9.59 Å². The number of hydrogen-bond acceptors (Lipinski definition) is 4. The van der Waals surface area contributed by atoms with Crippen molar-refractivity contribution in [3.8, 4) is 11.3 Å². The van der Waals surface area contributed by atoms with Crippen molar-refractivity contribution >= 4 is 23.1 Å². The second kappa shape index (κ2) is 8.59. The summed E-state index contributed by atoms with van der Waals surface area (Å²) in [5.74, 6) is -0.997. The number of nitrogens with one attached hydrogen (secondary N) is 2. The van der Waals surface area contributed by atoms with E-state index in [2.05, 4.69) is 27.2 Å². The molecular formula is C23H26N6O2.